The quantitative estimate of drug-likeness (QED) is 0.787. The van der Waals surface area contributed by atoms with Crippen LogP contribution in [0.25, 0.3) is 0 Å². The van der Waals surface area contributed by atoms with Crippen molar-refractivity contribution in [1.29, 1.82) is 0 Å². The SMILES string of the molecule is O=C(Nc1ccccn1)[C@H]1CCCN(C(=O)CSc2ccc3c(c2)CCC3)C1. The molecule has 0 spiro atoms. The first kappa shape index (κ1) is 19.0. The highest BCUT2D eigenvalue weighted by Crippen LogP contribution is 2.28. The summed E-state index contributed by atoms with van der Waals surface area (Å²) < 4.78 is 0. The number of amides is 2. The zero-order valence-corrected chi connectivity index (χ0v) is 16.7. The average Bonchev–Trinajstić information content (AvgIpc) is 3.20. The Hall–Kier alpha value is -2.34. The van der Waals surface area contributed by atoms with Crippen LogP contribution in [0, 0.1) is 5.92 Å². The number of aryl methyl sites for hydroxylation is 2. The summed E-state index contributed by atoms with van der Waals surface area (Å²) >= 11 is 1.60. The Morgan fingerprint density at radius 3 is 2.89 bits per heavy atom. The standard InChI is InChI=1S/C22H25N3O2S/c26-21(15-28-19-10-9-16-5-3-6-17(16)13-19)25-12-4-7-18(14-25)22(27)24-20-8-1-2-11-23-20/h1-2,8-11,13,18H,3-7,12,14-15H2,(H,23,24,27)/t18-/m0/s1. The van der Waals surface area contributed by atoms with Gasteiger partial charge in [0.2, 0.25) is 11.8 Å². The smallest absolute Gasteiger partial charge is 0.232 e. The van der Waals surface area contributed by atoms with E-state index in [1.165, 1.54) is 24.0 Å². The second-order valence-electron chi connectivity index (χ2n) is 7.46. The topological polar surface area (TPSA) is 62.3 Å². The molecule has 1 fully saturated rings. The maximum absolute atomic E-state index is 12.7. The molecule has 2 aliphatic rings. The molecule has 2 heterocycles. The van der Waals surface area contributed by atoms with Gasteiger partial charge in [-0.3, -0.25) is 9.59 Å². The van der Waals surface area contributed by atoms with Gasteiger partial charge in [-0.1, -0.05) is 12.1 Å². The highest BCUT2D eigenvalue weighted by molar-refractivity contribution is 8.00. The number of piperidine rings is 1. The van der Waals surface area contributed by atoms with Crippen molar-refractivity contribution in [2.45, 2.75) is 37.0 Å². The third kappa shape index (κ3) is 4.55. The summed E-state index contributed by atoms with van der Waals surface area (Å²) in [5, 5.41) is 2.86. The Morgan fingerprint density at radius 2 is 2.04 bits per heavy atom. The number of rotatable bonds is 5. The van der Waals surface area contributed by atoms with Gasteiger partial charge in [-0.15, -0.1) is 11.8 Å². The van der Waals surface area contributed by atoms with Crippen LogP contribution in [-0.2, 0) is 22.4 Å². The first-order valence-corrected chi connectivity index (χ1v) is 10.9. The summed E-state index contributed by atoms with van der Waals surface area (Å²) in [6.07, 6.45) is 6.88. The molecule has 0 unspecified atom stereocenters. The average molecular weight is 396 g/mol. The fourth-order valence-corrected chi connectivity index (χ4v) is 4.82. The van der Waals surface area contributed by atoms with Crippen LogP contribution in [0.5, 0.6) is 0 Å². The number of aromatic nitrogens is 1. The molecule has 146 valence electrons. The minimum absolute atomic E-state index is 0.0533. The molecule has 4 rings (SSSR count). The minimum atomic E-state index is -0.176. The lowest BCUT2D eigenvalue weighted by atomic mass is 9.97. The van der Waals surface area contributed by atoms with Crippen LogP contribution in [0.3, 0.4) is 0 Å². The molecule has 2 aromatic rings. The number of pyridine rings is 1. The molecule has 28 heavy (non-hydrogen) atoms. The molecule has 1 N–H and O–H groups in total. The van der Waals surface area contributed by atoms with E-state index in [1.54, 1.807) is 24.0 Å². The number of carbonyl (C=O) groups is 2. The van der Waals surface area contributed by atoms with Gasteiger partial charge in [0.05, 0.1) is 11.7 Å². The molecular formula is C22H25N3O2S. The van der Waals surface area contributed by atoms with Crippen LogP contribution >= 0.6 is 11.8 Å². The lowest BCUT2D eigenvalue weighted by Crippen LogP contribution is -2.44. The summed E-state index contributed by atoms with van der Waals surface area (Å²) in [6.45, 7) is 1.22. The van der Waals surface area contributed by atoms with Crippen molar-refractivity contribution < 1.29 is 9.59 Å². The number of anilines is 1. The van der Waals surface area contributed by atoms with Gasteiger partial charge in [-0.25, -0.2) is 4.98 Å². The molecule has 0 radical (unpaired) electrons. The monoisotopic (exact) mass is 395 g/mol. The Labute approximate surface area is 169 Å². The summed E-state index contributed by atoms with van der Waals surface area (Å²) in [7, 11) is 0. The summed E-state index contributed by atoms with van der Waals surface area (Å²) in [5.41, 5.74) is 2.88. The molecule has 1 atom stereocenters. The van der Waals surface area contributed by atoms with Crippen molar-refractivity contribution >= 4 is 29.4 Å². The van der Waals surface area contributed by atoms with Crippen LogP contribution in [0.1, 0.15) is 30.4 Å². The molecule has 0 bridgehead atoms. The predicted molar refractivity (Wildman–Crippen MR) is 111 cm³/mol. The second kappa shape index (κ2) is 8.78. The highest BCUT2D eigenvalue weighted by atomic mass is 32.2. The molecule has 1 aromatic carbocycles. The molecule has 5 nitrogen and oxygen atoms in total. The Balaban J connectivity index is 1.30. The van der Waals surface area contributed by atoms with Crippen molar-refractivity contribution in [1.82, 2.24) is 9.88 Å². The van der Waals surface area contributed by atoms with E-state index < -0.39 is 0 Å². The van der Waals surface area contributed by atoms with Gasteiger partial charge >= 0.3 is 0 Å². The molecule has 6 heteroatoms. The second-order valence-corrected chi connectivity index (χ2v) is 8.50. The number of benzene rings is 1. The van der Waals surface area contributed by atoms with E-state index in [1.807, 2.05) is 17.0 Å². The largest absolute Gasteiger partial charge is 0.341 e. The van der Waals surface area contributed by atoms with E-state index in [0.717, 1.165) is 30.7 Å². The maximum Gasteiger partial charge on any atom is 0.232 e. The van der Waals surface area contributed by atoms with E-state index in [4.69, 9.17) is 0 Å². The lowest BCUT2D eigenvalue weighted by Gasteiger charge is -2.32. The summed E-state index contributed by atoms with van der Waals surface area (Å²) in [5.74, 6) is 0.865. The van der Waals surface area contributed by atoms with Crippen molar-refractivity contribution in [3.05, 3.63) is 53.7 Å². The fraction of sp³-hybridized carbons (Fsp3) is 0.409. The number of hydrogen-bond donors (Lipinski definition) is 1. The van der Waals surface area contributed by atoms with Crippen LogP contribution in [0.4, 0.5) is 5.82 Å². The van der Waals surface area contributed by atoms with Crippen molar-refractivity contribution in [3.8, 4) is 0 Å². The minimum Gasteiger partial charge on any atom is -0.341 e. The van der Waals surface area contributed by atoms with Gasteiger partial charge in [0.1, 0.15) is 5.82 Å². The molecule has 0 saturated carbocycles. The summed E-state index contributed by atoms with van der Waals surface area (Å²) in [4.78, 5) is 32.4. The zero-order chi connectivity index (χ0) is 19.3. The van der Waals surface area contributed by atoms with Gasteiger partial charge < -0.3 is 10.2 Å². The molecule has 1 aliphatic carbocycles. The van der Waals surface area contributed by atoms with Gasteiger partial charge in [-0.2, -0.15) is 0 Å². The predicted octanol–water partition coefficient (Wildman–Crippen LogP) is 3.54. The number of likely N-dealkylation sites (tertiary alicyclic amines) is 1. The third-order valence-electron chi connectivity index (χ3n) is 5.49. The van der Waals surface area contributed by atoms with E-state index in [2.05, 4.69) is 28.5 Å². The van der Waals surface area contributed by atoms with E-state index >= 15 is 0 Å². The van der Waals surface area contributed by atoms with E-state index in [0.29, 0.717) is 18.1 Å². The number of hydrogen-bond acceptors (Lipinski definition) is 4. The normalized spacial score (nSPS) is 18.6. The van der Waals surface area contributed by atoms with E-state index in [-0.39, 0.29) is 17.7 Å². The number of nitrogens with zero attached hydrogens (tertiary/aromatic N) is 2. The summed E-state index contributed by atoms with van der Waals surface area (Å²) in [6, 6.07) is 12.0. The molecule has 2 amide bonds. The van der Waals surface area contributed by atoms with Crippen LogP contribution in [0.2, 0.25) is 0 Å². The van der Waals surface area contributed by atoms with Gasteiger partial charge in [0.25, 0.3) is 0 Å². The fourth-order valence-electron chi connectivity index (χ4n) is 3.96. The van der Waals surface area contributed by atoms with Crippen LogP contribution in [0.15, 0.2) is 47.5 Å². The molecule has 1 saturated heterocycles. The number of nitrogens with one attached hydrogen (secondary N) is 1. The van der Waals surface area contributed by atoms with Gasteiger partial charge in [-0.05, 0) is 67.5 Å². The molecule has 1 aliphatic heterocycles. The number of thioether (sulfide) groups is 1. The Morgan fingerprint density at radius 1 is 1.14 bits per heavy atom. The van der Waals surface area contributed by atoms with Crippen molar-refractivity contribution in [2.75, 3.05) is 24.2 Å². The van der Waals surface area contributed by atoms with Crippen LogP contribution < -0.4 is 5.32 Å². The van der Waals surface area contributed by atoms with Gasteiger partial charge in [0, 0.05) is 24.2 Å². The number of fused-ring (bicyclic) bond motifs is 1. The highest BCUT2D eigenvalue weighted by Gasteiger charge is 2.28. The lowest BCUT2D eigenvalue weighted by molar-refractivity contribution is -0.132. The molecular weight excluding hydrogens is 370 g/mol. The van der Waals surface area contributed by atoms with Crippen molar-refractivity contribution in [3.63, 3.8) is 0 Å². The Kier molecular flexibility index (Phi) is 5.95. The van der Waals surface area contributed by atoms with Crippen molar-refractivity contribution in [2.24, 2.45) is 5.92 Å². The van der Waals surface area contributed by atoms with Crippen LogP contribution in [-0.4, -0.2) is 40.5 Å². The number of carbonyl (C=O) groups excluding carboxylic acids is 2. The van der Waals surface area contributed by atoms with Gasteiger partial charge in [0.15, 0.2) is 0 Å². The first-order valence-electron chi connectivity index (χ1n) is 9.93. The molecule has 1 aromatic heterocycles. The third-order valence-corrected chi connectivity index (χ3v) is 6.47. The maximum atomic E-state index is 12.7. The Bertz CT molecular complexity index is 856. The first-order chi connectivity index (χ1) is 13.7. The van der Waals surface area contributed by atoms with E-state index in [9.17, 15) is 9.59 Å². The zero-order valence-electron chi connectivity index (χ0n) is 15.9.